The quantitative estimate of drug-likeness (QED) is 0.672. The number of rotatable bonds is 4. The molecule has 1 aromatic carbocycles. The fourth-order valence-corrected chi connectivity index (χ4v) is 6.03. The molecule has 1 aliphatic rings. The molecule has 0 fully saturated rings. The van der Waals surface area contributed by atoms with E-state index in [4.69, 9.17) is 0 Å². The first-order valence-corrected chi connectivity index (χ1v) is 11.3. The number of sulfonamides is 1. The van der Waals surface area contributed by atoms with Crippen molar-refractivity contribution in [2.75, 3.05) is 11.9 Å². The lowest BCUT2D eigenvalue weighted by Gasteiger charge is -2.25. The van der Waals surface area contributed by atoms with Gasteiger partial charge >= 0.3 is 0 Å². The van der Waals surface area contributed by atoms with Crippen LogP contribution in [0.1, 0.15) is 20.9 Å². The lowest BCUT2D eigenvalue weighted by molar-refractivity contribution is 0.102. The molecule has 6 nitrogen and oxygen atoms in total. The molecule has 1 aliphatic heterocycles. The first kappa shape index (κ1) is 19.1. The zero-order chi connectivity index (χ0) is 19.9. The molecule has 0 radical (unpaired) electrons. The normalized spacial score (nSPS) is 14.6. The molecule has 0 atom stereocenters. The number of hydrogen-bond donors (Lipinski definition) is 1. The lowest BCUT2D eigenvalue weighted by Crippen LogP contribution is -2.36. The fourth-order valence-electron chi connectivity index (χ4n) is 2.81. The minimum absolute atomic E-state index is 0.0143. The van der Waals surface area contributed by atoms with Gasteiger partial charge in [0.25, 0.3) is 5.91 Å². The van der Waals surface area contributed by atoms with Crippen molar-refractivity contribution in [3.63, 3.8) is 0 Å². The Labute approximate surface area is 167 Å². The van der Waals surface area contributed by atoms with E-state index in [1.807, 2.05) is 0 Å². The van der Waals surface area contributed by atoms with Crippen molar-refractivity contribution in [1.29, 1.82) is 0 Å². The number of nitrogens with one attached hydrogen (secondary N) is 1. The summed E-state index contributed by atoms with van der Waals surface area (Å²) >= 11 is 2.57. The third-order valence-electron chi connectivity index (χ3n) is 4.21. The maximum Gasteiger partial charge on any atom is 0.258 e. The third kappa shape index (κ3) is 3.58. The van der Waals surface area contributed by atoms with Crippen LogP contribution in [0.5, 0.6) is 0 Å². The van der Waals surface area contributed by atoms with Gasteiger partial charge in [0.05, 0.1) is 17.8 Å². The van der Waals surface area contributed by atoms with Crippen molar-refractivity contribution in [2.24, 2.45) is 0 Å². The summed E-state index contributed by atoms with van der Waals surface area (Å²) in [5, 5.41) is 6.57. The Hall–Kier alpha value is -2.21. The van der Waals surface area contributed by atoms with E-state index in [1.165, 1.54) is 22.7 Å². The number of thiazole rings is 1. The Bertz CT molecular complexity index is 1140. The van der Waals surface area contributed by atoms with Gasteiger partial charge in [0, 0.05) is 23.2 Å². The van der Waals surface area contributed by atoms with E-state index in [0.29, 0.717) is 33.8 Å². The molecule has 1 amide bonds. The average Bonchev–Trinajstić information content (AvgIpc) is 3.32. The van der Waals surface area contributed by atoms with Crippen LogP contribution in [0.15, 0.2) is 39.9 Å². The number of anilines is 1. The molecule has 0 saturated carbocycles. The zero-order valence-corrected chi connectivity index (χ0v) is 16.6. The van der Waals surface area contributed by atoms with E-state index >= 15 is 0 Å². The van der Waals surface area contributed by atoms with Gasteiger partial charge in [0.15, 0.2) is 5.13 Å². The van der Waals surface area contributed by atoms with Crippen LogP contribution in [0.4, 0.5) is 13.9 Å². The Morgan fingerprint density at radius 2 is 2.07 bits per heavy atom. The molecule has 2 aromatic heterocycles. The summed E-state index contributed by atoms with van der Waals surface area (Å²) < 4.78 is 54.0. The number of carbonyl (C=O) groups excluding carboxylic acids is 1. The molecule has 146 valence electrons. The van der Waals surface area contributed by atoms with Crippen LogP contribution in [0, 0.1) is 11.6 Å². The van der Waals surface area contributed by atoms with Gasteiger partial charge in [0.2, 0.25) is 10.0 Å². The molecule has 0 saturated heterocycles. The van der Waals surface area contributed by atoms with Crippen LogP contribution in [-0.2, 0) is 23.0 Å². The highest BCUT2D eigenvalue weighted by Crippen LogP contribution is 2.32. The zero-order valence-electron chi connectivity index (χ0n) is 14.2. The van der Waals surface area contributed by atoms with Gasteiger partial charge in [-0.25, -0.2) is 22.2 Å². The highest BCUT2D eigenvalue weighted by atomic mass is 32.2. The van der Waals surface area contributed by atoms with Gasteiger partial charge in [0.1, 0.15) is 16.5 Å². The Kier molecular flexibility index (Phi) is 5.00. The molecular weight excluding hydrogens is 428 g/mol. The van der Waals surface area contributed by atoms with E-state index in [2.05, 4.69) is 10.3 Å². The number of benzene rings is 1. The minimum atomic E-state index is -4.20. The molecule has 3 aromatic rings. The number of hydrogen-bond acceptors (Lipinski definition) is 6. The van der Waals surface area contributed by atoms with Crippen molar-refractivity contribution < 1.29 is 22.0 Å². The highest BCUT2D eigenvalue weighted by molar-refractivity contribution is 7.89. The maximum absolute atomic E-state index is 14.0. The van der Waals surface area contributed by atoms with Crippen molar-refractivity contribution in [1.82, 2.24) is 9.29 Å². The van der Waals surface area contributed by atoms with Crippen LogP contribution in [0.3, 0.4) is 0 Å². The van der Waals surface area contributed by atoms with Crippen LogP contribution >= 0.6 is 22.7 Å². The number of carbonyl (C=O) groups is 1. The molecule has 1 N–H and O–H groups in total. The second-order valence-electron chi connectivity index (χ2n) is 6.02. The summed E-state index contributed by atoms with van der Waals surface area (Å²) in [5.41, 5.74) is 1.21. The fraction of sp³-hybridized carbons (Fsp3) is 0.176. The molecule has 3 heterocycles. The molecule has 0 bridgehead atoms. The Morgan fingerprint density at radius 3 is 2.82 bits per heavy atom. The van der Waals surface area contributed by atoms with Crippen LogP contribution in [-0.4, -0.2) is 30.2 Å². The lowest BCUT2D eigenvalue weighted by atomic mass is 10.2. The highest BCUT2D eigenvalue weighted by Gasteiger charge is 2.32. The molecule has 0 unspecified atom stereocenters. The average molecular weight is 442 g/mol. The topological polar surface area (TPSA) is 79.4 Å². The van der Waals surface area contributed by atoms with E-state index in [9.17, 15) is 22.0 Å². The van der Waals surface area contributed by atoms with E-state index < -0.39 is 26.6 Å². The summed E-state index contributed by atoms with van der Waals surface area (Å²) in [6, 6.07) is 4.03. The second kappa shape index (κ2) is 7.32. The van der Waals surface area contributed by atoms with E-state index in [-0.39, 0.29) is 19.0 Å². The monoisotopic (exact) mass is 441 g/mol. The number of aromatic nitrogens is 1. The predicted octanol–water partition coefficient (Wildman–Crippen LogP) is 3.48. The predicted molar refractivity (Wildman–Crippen MR) is 102 cm³/mol. The molecule has 0 aliphatic carbocycles. The first-order chi connectivity index (χ1) is 13.3. The van der Waals surface area contributed by atoms with Gasteiger partial charge in [-0.2, -0.15) is 15.6 Å². The number of fused-ring (bicyclic) bond motifs is 1. The Balaban J connectivity index is 1.56. The van der Waals surface area contributed by atoms with E-state index in [0.717, 1.165) is 16.4 Å². The maximum atomic E-state index is 14.0. The third-order valence-corrected chi connectivity index (χ3v) is 7.75. The minimum Gasteiger partial charge on any atom is -0.298 e. The molecule has 28 heavy (non-hydrogen) atoms. The van der Waals surface area contributed by atoms with Crippen LogP contribution in [0.2, 0.25) is 0 Å². The van der Waals surface area contributed by atoms with Gasteiger partial charge in [-0.1, -0.05) is 0 Å². The van der Waals surface area contributed by atoms with Crippen molar-refractivity contribution in [3.05, 3.63) is 62.8 Å². The van der Waals surface area contributed by atoms with Crippen molar-refractivity contribution in [3.8, 4) is 0 Å². The molecule has 0 spiro atoms. The number of thiophene rings is 1. The number of halogens is 2. The molecule has 4 rings (SSSR count). The summed E-state index contributed by atoms with van der Waals surface area (Å²) in [7, 11) is -4.20. The van der Waals surface area contributed by atoms with E-state index in [1.54, 1.807) is 16.8 Å². The summed E-state index contributed by atoms with van der Waals surface area (Å²) in [6.07, 6.45) is 0.316. The molecular formula is C17H13F2N3O3S3. The number of amides is 1. The standard InChI is InChI=1S/C17H13F2N3O3S3/c18-11-1-2-12(19)15(7-11)28(24,25)22-5-3-13-14(8-22)27-17(20-13)21-16(23)10-4-6-26-9-10/h1-2,4,6-7,9H,3,5,8H2,(H,20,21,23). The Morgan fingerprint density at radius 1 is 1.25 bits per heavy atom. The largest absolute Gasteiger partial charge is 0.298 e. The smallest absolute Gasteiger partial charge is 0.258 e. The summed E-state index contributed by atoms with van der Waals surface area (Å²) in [5.74, 6) is -2.12. The summed E-state index contributed by atoms with van der Waals surface area (Å²) in [4.78, 5) is 16.5. The van der Waals surface area contributed by atoms with Gasteiger partial charge in [-0.15, -0.1) is 11.3 Å². The van der Waals surface area contributed by atoms with Crippen molar-refractivity contribution in [2.45, 2.75) is 17.9 Å². The van der Waals surface area contributed by atoms with Gasteiger partial charge < -0.3 is 0 Å². The second-order valence-corrected chi connectivity index (χ2v) is 9.79. The van der Waals surface area contributed by atoms with Gasteiger partial charge in [-0.05, 0) is 29.6 Å². The summed E-state index contributed by atoms with van der Waals surface area (Å²) in [6.45, 7) is 0.0759. The van der Waals surface area contributed by atoms with Crippen molar-refractivity contribution >= 4 is 43.7 Å². The number of nitrogens with zero attached hydrogens (tertiary/aromatic N) is 2. The molecule has 11 heteroatoms. The first-order valence-electron chi connectivity index (χ1n) is 8.12. The van der Waals surface area contributed by atoms with Crippen LogP contribution < -0.4 is 5.32 Å². The SMILES string of the molecule is O=C(Nc1nc2c(s1)CN(S(=O)(=O)c1cc(F)ccc1F)CC2)c1ccsc1. The van der Waals surface area contributed by atoms with Crippen LogP contribution in [0.25, 0.3) is 0 Å². The van der Waals surface area contributed by atoms with Gasteiger partial charge in [-0.3, -0.25) is 10.1 Å².